The molecule has 2 unspecified atom stereocenters. The summed E-state index contributed by atoms with van der Waals surface area (Å²) in [6.07, 6.45) is 1.71. The van der Waals surface area contributed by atoms with Gasteiger partial charge in [-0.25, -0.2) is 4.39 Å². The number of nitrogens with one attached hydrogen (secondary N) is 1. The van der Waals surface area contributed by atoms with Crippen molar-refractivity contribution in [2.75, 3.05) is 13.1 Å². The van der Waals surface area contributed by atoms with Crippen LogP contribution in [-0.2, 0) is 16.6 Å². The maximum absolute atomic E-state index is 13.2. The summed E-state index contributed by atoms with van der Waals surface area (Å²) in [7, 11) is 0. The molecule has 0 bridgehead atoms. The van der Waals surface area contributed by atoms with Gasteiger partial charge in [-0.2, -0.15) is 0 Å². The van der Waals surface area contributed by atoms with E-state index in [-0.39, 0.29) is 23.1 Å². The molecule has 1 spiro atoms. The summed E-state index contributed by atoms with van der Waals surface area (Å²) in [5, 5.41) is 3.25. The first kappa shape index (κ1) is 10.7. The van der Waals surface area contributed by atoms with Gasteiger partial charge in [0.05, 0.1) is 5.92 Å². The third-order valence-electron chi connectivity index (χ3n) is 4.24. The normalized spacial score (nSPS) is 30.8. The Kier molecular flexibility index (Phi) is 2.23. The van der Waals surface area contributed by atoms with Gasteiger partial charge in [-0.15, -0.1) is 0 Å². The highest BCUT2D eigenvalue weighted by atomic mass is 19.1. The Balaban J connectivity index is 2.10. The number of hydrogen-bond acceptors (Lipinski definition) is 2. The van der Waals surface area contributed by atoms with Crippen LogP contribution in [0.5, 0.6) is 0 Å². The van der Waals surface area contributed by atoms with Gasteiger partial charge in [0.25, 0.3) is 0 Å². The van der Waals surface area contributed by atoms with E-state index >= 15 is 0 Å². The number of carbonyl (C=O) groups excluding carboxylic acids is 1. The molecule has 1 saturated heterocycles. The number of amides is 1. The topological polar surface area (TPSA) is 55.1 Å². The smallest absolute Gasteiger partial charge is 0.222 e. The molecule has 1 amide bonds. The molecule has 1 aromatic rings. The van der Waals surface area contributed by atoms with Gasteiger partial charge in [0.1, 0.15) is 5.82 Å². The molecular formula is C13H15FN2O. The van der Waals surface area contributed by atoms with Crippen molar-refractivity contribution in [3.8, 4) is 0 Å². The number of fused-ring (bicyclic) bond motifs is 2. The first-order valence-corrected chi connectivity index (χ1v) is 5.92. The van der Waals surface area contributed by atoms with Crippen LogP contribution in [0.3, 0.4) is 0 Å². The number of carbonyl (C=O) groups is 1. The first-order chi connectivity index (χ1) is 8.13. The number of nitrogens with two attached hydrogens (primary N) is 1. The molecule has 2 aliphatic rings. The average molecular weight is 234 g/mol. The Bertz CT molecular complexity index is 488. The monoisotopic (exact) mass is 234 g/mol. The average Bonchev–Trinajstić information content (AvgIpc) is 2.85. The Labute approximate surface area is 99.2 Å². The van der Waals surface area contributed by atoms with Gasteiger partial charge in [0.15, 0.2) is 0 Å². The van der Waals surface area contributed by atoms with Crippen molar-refractivity contribution in [2.45, 2.75) is 18.3 Å². The Morgan fingerprint density at radius 1 is 1.53 bits per heavy atom. The maximum atomic E-state index is 13.2. The second-order valence-corrected chi connectivity index (χ2v) is 5.04. The number of halogens is 1. The van der Waals surface area contributed by atoms with E-state index in [0.29, 0.717) is 6.54 Å². The van der Waals surface area contributed by atoms with Gasteiger partial charge in [-0.3, -0.25) is 4.79 Å². The molecule has 3 nitrogen and oxygen atoms in total. The number of benzene rings is 1. The van der Waals surface area contributed by atoms with E-state index in [0.717, 1.165) is 30.5 Å². The molecule has 0 aromatic heterocycles. The molecule has 3 N–H and O–H groups in total. The number of rotatable bonds is 1. The Hall–Kier alpha value is -1.42. The van der Waals surface area contributed by atoms with Crippen LogP contribution in [-0.4, -0.2) is 19.0 Å². The molecule has 1 aromatic carbocycles. The fraction of sp³-hybridized carbons (Fsp3) is 0.462. The summed E-state index contributed by atoms with van der Waals surface area (Å²) >= 11 is 0. The van der Waals surface area contributed by atoms with E-state index in [1.54, 1.807) is 6.07 Å². The number of aryl methyl sites for hydroxylation is 1. The molecule has 2 atom stereocenters. The fourth-order valence-corrected chi connectivity index (χ4v) is 3.42. The standard InChI is InChI=1S/C13H15FN2O/c14-9-1-2-10-8(5-9)3-4-13(10)7-16-6-11(13)12(15)17/h1-2,5,11,16H,3-4,6-7H2,(H2,15,17). The molecule has 4 heteroatoms. The van der Waals surface area contributed by atoms with Crippen LogP contribution in [0.25, 0.3) is 0 Å². The minimum atomic E-state index is -0.257. The summed E-state index contributed by atoms with van der Waals surface area (Å²) in [4.78, 5) is 11.5. The predicted octanol–water partition coefficient (Wildman–Crippen LogP) is 0.714. The molecule has 1 aliphatic carbocycles. The van der Waals surface area contributed by atoms with E-state index in [1.807, 2.05) is 6.07 Å². The van der Waals surface area contributed by atoms with E-state index in [9.17, 15) is 9.18 Å². The lowest BCUT2D eigenvalue weighted by Crippen LogP contribution is -2.40. The van der Waals surface area contributed by atoms with Crippen molar-refractivity contribution in [3.63, 3.8) is 0 Å². The summed E-state index contributed by atoms with van der Waals surface area (Å²) in [5.41, 5.74) is 7.42. The zero-order chi connectivity index (χ0) is 12.0. The zero-order valence-corrected chi connectivity index (χ0v) is 9.50. The van der Waals surface area contributed by atoms with Crippen LogP contribution >= 0.6 is 0 Å². The molecule has 1 aliphatic heterocycles. The van der Waals surface area contributed by atoms with E-state index < -0.39 is 0 Å². The van der Waals surface area contributed by atoms with Crippen molar-refractivity contribution in [2.24, 2.45) is 11.7 Å². The van der Waals surface area contributed by atoms with Crippen molar-refractivity contribution in [1.29, 1.82) is 0 Å². The van der Waals surface area contributed by atoms with Gasteiger partial charge < -0.3 is 11.1 Å². The van der Waals surface area contributed by atoms with Crippen molar-refractivity contribution >= 4 is 5.91 Å². The molecule has 0 saturated carbocycles. The predicted molar refractivity (Wildman–Crippen MR) is 62.0 cm³/mol. The highest BCUT2D eigenvalue weighted by Gasteiger charge is 2.50. The van der Waals surface area contributed by atoms with Crippen LogP contribution < -0.4 is 11.1 Å². The lowest BCUT2D eigenvalue weighted by molar-refractivity contribution is -0.122. The molecule has 0 radical (unpaired) electrons. The zero-order valence-electron chi connectivity index (χ0n) is 9.50. The molecule has 1 fully saturated rings. The largest absolute Gasteiger partial charge is 0.369 e. The van der Waals surface area contributed by atoms with Gasteiger partial charge >= 0.3 is 0 Å². The van der Waals surface area contributed by atoms with Crippen molar-refractivity contribution in [1.82, 2.24) is 5.32 Å². The lowest BCUT2D eigenvalue weighted by Gasteiger charge is -2.29. The summed E-state index contributed by atoms with van der Waals surface area (Å²) in [6.45, 7) is 1.39. The quantitative estimate of drug-likeness (QED) is 0.752. The third-order valence-corrected chi connectivity index (χ3v) is 4.24. The highest BCUT2D eigenvalue weighted by Crippen LogP contribution is 2.46. The van der Waals surface area contributed by atoms with E-state index in [1.165, 1.54) is 6.07 Å². The molecule has 3 rings (SSSR count). The molecule has 1 heterocycles. The van der Waals surface area contributed by atoms with Crippen molar-refractivity contribution in [3.05, 3.63) is 35.1 Å². The van der Waals surface area contributed by atoms with Crippen molar-refractivity contribution < 1.29 is 9.18 Å². The van der Waals surface area contributed by atoms with Crippen LogP contribution in [0.2, 0.25) is 0 Å². The second kappa shape index (κ2) is 3.53. The van der Waals surface area contributed by atoms with E-state index in [4.69, 9.17) is 5.73 Å². The summed E-state index contributed by atoms with van der Waals surface area (Å²) < 4.78 is 13.2. The molecular weight excluding hydrogens is 219 g/mol. The Morgan fingerprint density at radius 2 is 2.35 bits per heavy atom. The molecule has 90 valence electrons. The minimum absolute atomic E-state index is 0.172. The lowest BCUT2D eigenvalue weighted by atomic mass is 9.73. The third kappa shape index (κ3) is 1.40. The number of hydrogen-bond donors (Lipinski definition) is 2. The van der Waals surface area contributed by atoms with Gasteiger partial charge in [-0.05, 0) is 36.1 Å². The second-order valence-electron chi connectivity index (χ2n) is 5.04. The van der Waals surface area contributed by atoms with Crippen LogP contribution in [0, 0.1) is 11.7 Å². The SMILES string of the molecule is NC(=O)C1CNCC12CCc1cc(F)ccc12. The summed E-state index contributed by atoms with van der Waals surface area (Å²) in [5.74, 6) is -0.635. The Morgan fingerprint density at radius 3 is 3.12 bits per heavy atom. The van der Waals surface area contributed by atoms with Crippen LogP contribution in [0.1, 0.15) is 17.5 Å². The van der Waals surface area contributed by atoms with Gasteiger partial charge in [0, 0.05) is 18.5 Å². The first-order valence-electron chi connectivity index (χ1n) is 5.92. The number of primary amides is 1. The fourth-order valence-electron chi connectivity index (χ4n) is 3.42. The van der Waals surface area contributed by atoms with Crippen LogP contribution in [0.4, 0.5) is 4.39 Å². The van der Waals surface area contributed by atoms with Gasteiger partial charge in [-0.1, -0.05) is 6.07 Å². The highest BCUT2D eigenvalue weighted by molar-refractivity contribution is 5.80. The summed E-state index contributed by atoms with van der Waals surface area (Å²) in [6, 6.07) is 4.88. The van der Waals surface area contributed by atoms with Crippen LogP contribution in [0.15, 0.2) is 18.2 Å². The van der Waals surface area contributed by atoms with Gasteiger partial charge in [0.2, 0.25) is 5.91 Å². The maximum Gasteiger partial charge on any atom is 0.222 e. The molecule has 17 heavy (non-hydrogen) atoms. The van der Waals surface area contributed by atoms with E-state index in [2.05, 4.69) is 5.32 Å². The minimum Gasteiger partial charge on any atom is -0.369 e.